The average molecular weight is 691 g/mol. The van der Waals surface area contributed by atoms with Crippen LogP contribution in [0.4, 0.5) is 23.7 Å². The maximum Gasteiger partial charge on any atom is 0.416 e. The number of halogens is 4. The van der Waals surface area contributed by atoms with Gasteiger partial charge in [-0.3, -0.25) is 9.10 Å². The first kappa shape index (κ1) is 37.3. The Morgan fingerprint density at radius 3 is 2.30 bits per heavy atom. The van der Waals surface area contributed by atoms with Gasteiger partial charge in [-0.1, -0.05) is 30.2 Å². The fourth-order valence-electron chi connectivity index (χ4n) is 4.90. The number of hydrogen-bond acceptors (Lipinski definition) is 7. The second kappa shape index (κ2) is 16.1. The largest absolute Gasteiger partial charge is 0.491 e. The molecule has 2 aromatic rings. The van der Waals surface area contributed by atoms with Gasteiger partial charge >= 0.3 is 18.2 Å². The summed E-state index contributed by atoms with van der Waals surface area (Å²) in [7, 11) is -4.45. The lowest BCUT2D eigenvalue weighted by atomic mass is 9.98. The Hall–Kier alpha value is -3.19. The van der Waals surface area contributed by atoms with Gasteiger partial charge in [-0.15, -0.1) is 0 Å². The molecule has 46 heavy (non-hydrogen) atoms. The molecule has 0 spiro atoms. The van der Waals surface area contributed by atoms with E-state index in [1.54, 1.807) is 38.7 Å². The number of nitrogens with zero attached hydrogens (tertiary/aromatic N) is 2. The molecular formula is C32H42ClF3N2O7S. The number of esters is 1. The molecule has 2 aromatic carbocycles. The standard InChI is InChI=1S/C32H42ClF3N2O7S/c1-5-43-29(39)13-7-6-10-18-38(46(41,42)28-12-9-8-11-25(28)33)26-21-24(32(34,35)36)14-15-27(26)44-22-23-16-19-37(20-17-23)30(40)45-31(2,3)4/h8-9,11-12,14-15,21,23H,5-7,10,13,16-20,22H2,1-4H3. The minimum absolute atomic E-state index is 0.0367. The number of likely N-dealkylation sites (tertiary alicyclic amines) is 1. The van der Waals surface area contributed by atoms with Gasteiger partial charge in [-0.05, 0) is 89.6 Å². The Morgan fingerprint density at radius 2 is 1.70 bits per heavy atom. The van der Waals surface area contributed by atoms with Crippen LogP contribution in [0.15, 0.2) is 47.4 Å². The fraction of sp³-hybridized carbons (Fsp3) is 0.562. The summed E-state index contributed by atoms with van der Waals surface area (Å²) in [5.74, 6) is -0.455. The van der Waals surface area contributed by atoms with Crippen molar-refractivity contribution >= 4 is 39.4 Å². The molecule has 1 heterocycles. The van der Waals surface area contributed by atoms with Gasteiger partial charge in [0.2, 0.25) is 0 Å². The van der Waals surface area contributed by atoms with Crippen molar-refractivity contribution in [2.24, 2.45) is 5.92 Å². The molecule has 0 aromatic heterocycles. The van der Waals surface area contributed by atoms with E-state index in [0.717, 1.165) is 22.5 Å². The van der Waals surface area contributed by atoms with E-state index >= 15 is 0 Å². The highest BCUT2D eigenvalue weighted by molar-refractivity contribution is 7.93. The minimum Gasteiger partial charge on any atom is -0.491 e. The van der Waals surface area contributed by atoms with Crippen LogP contribution < -0.4 is 9.04 Å². The van der Waals surface area contributed by atoms with Crippen LogP contribution in [0.1, 0.15) is 71.8 Å². The predicted octanol–water partition coefficient (Wildman–Crippen LogP) is 7.70. The van der Waals surface area contributed by atoms with Gasteiger partial charge in [0.25, 0.3) is 10.0 Å². The summed E-state index contributed by atoms with van der Waals surface area (Å²) in [6.45, 7) is 8.02. The lowest BCUT2D eigenvalue weighted by Gasteiger charge is -2.33. The molecule has 1 aliphatic heterocycles. The summed E-state index contributed by atoms with van der Waals surface area (Å²) in [5, 5.41) is -0.0824. The molecular weight excluding hydrogens is 649 g/mol. The summed E-state index contributed by atoms with van der Waals surface area (Å²) in [6.07, 6.45) is -2.83. The maximum atomic E-state index is 14.0. The first-order valence-electron chi connectivity index (χ1n) is 15.3. The zero-order valence-corrected chi connectivity index (χ0v) is 28.1. The van der Waals surface area contributed by atoms with Crippen LogP contribution in [0.2, 0.25) is 5.02 Å². The van der Waals surface area contributed by atoms with Gasteiger partial charge in [0, 0.05) is 26.1 Å². The smallest absolute Gasteiger partial charge is 0.416 e. The number of hydrogen-bond donors (Lipinski definition) is 0. The zero-order chi connectivity index (χ0) is 34.1. The number of anilines is 1. The number of carbonyl (C=O) groups excluding carboxylic acids is 2. The molecule has 0 aliphatic carbocycles. The topological polar surface area (TPSA) is 102 Å². The number of benzene rings is 2. The fourth-order valence-corrected chi connectivity index (χ4v) is 6.91. The van der Waals surface area contributed by atoms with E-state index in [1.807, 2.05) is 0 Å². The number of rotatable bonds is 13. The molecule has 0 unspecified atom stereocenters. The zero-order valence-electron chi connectivity index (χ0n) is 26.6. The number of unbranched alkanes of at least 4 members (excludes halogenated alkanes) is 2. The summed E-state index contributed by atoms with van der Waals surface area (Å²) in [5.41, 5.74) is -1.94. The average Bonchev–Trinajstić information content (AvgIpc) is 2.97. The molecule has 14 heteroatoms. The van der Waals surface area contributed by atoms with E-state index < -0.39 is 33.5 Å². The van der Waals surface area contributed by atoms with Crippen molar-refractivity contribution in [3.8, 4) is 5.75 Å². The summed E-state index contributed by atoms with van der Waals surface area (Å²) < 4.78 is 87.0. The SMILES string of the molecule is CCOC(=O)CCCCCN(c1cc(C(F)(F)F)ccc1OCC1CCN(C(=O)OC(C)(C)C)CC1)S(=O)(=O)c1ccccc1Cl. The first-order chi connectivity index (χ1) is 21.5. The van der Waals surface area contributed by atoms with E-state index in [2.05, 4.69) is 0 Å². The summed E-state index contributed by atoms with van der Waals surface area (Å²) >= 11 is 6.26. The van der Waals surface area contributed by atoms with Crippen LogP contribution >= 0.6 is 11.6 Å². The summed E-state index contributed by atoms with van der Waals surface area (Å²) in [6, 6.07) is 8.45. The van der Waals surface area contributed by atoms with Gasteiger partial charge in [0.05, 0.1) is 29.5 Å². The number of amides is 1. The molecule has 256 valence electrons. The quantitative estimate of drug-likeness (QED) is 0.157. The molecule has 1 amide bonds. The molecule has 3 rings (SSSR count). The van der Waals surface area contributed by atoms with Crippen LogP contribution in [0, 0.1) is 5.92 Å². The highest BCUT2D eigenvalue weighted by Crippen LogP contribution is 2.40. The van der Waals surface area contributed by atoms with Crippen molar-refractivity contribution in [2.45, 2.75) is 82.9 Å². The normalized spacial score (nSPS) is 14.6. The number of alkyl halides is 3. The van der Waals surface area contributed by atoms with E-state index in [0.29, 0.717) is 38.8 Å². The maximum absolute atomic E-state index is 14.0. The molecule has 0 N–H and O–H groups in total. The Labute approximate surface area is 274 Å². The van der Waals surface area contributed by atoms with E-state index in [4.69, 9.17) is 25.8 Å². The third kappa shape index (κ3) is 10.7. The minimum atomic E-state index is -4.75. The Balaban J connectivity index is 1.87. The van der Waals surface area contributed by atoms with Crippen LogP contribution in [0.5, 0.6) is 5.75 Å². The third-order valence-corrected chi connectivity index (χ3v) is 9.56. The van der Waals surface area contributed by atoms with E-state index in [1.165, 1.54) is 18.2 Å². The van der Waals surface area contributed by atoms with E-state index in [-0.39, 0.29) is 65.8 Å². The van der Waals surface area contributed by atoms with Gasteiger partial charge in [0.15, 0.2) is 0 Å². The van der Waals surface area contributed by atoms with Crippen molar-refractivity contribution in [1.82, 2.24) is 4.90 Å². The molecule has 0 radical (unpaired) electrons. The van der Waals surface area contributed by atoms with E-state index in [9.17, 15) is 31.2 Å². The first-order valence-corrected chi connectivity index (χ1v) is 17.1. The molecule has 1 saturated heterocycles. The molecule has 1 aliphatic rings. The predicted molar refractivity (Wildman–Crippen MR) is 169 cm³/mol. The van der Waals surface area contributed by atoms with Gasteiger partial charge in [-0.2, -0.15) is 13.2 Å². The monoisotopic (exact) mass is 690 g/mol. The highest BCUT2D eigenvalue weighted by Gasteiger charge is 2.35. The summed E-state index contributed by atoms with van der Waals surface area (Å²) in [4.78, 5) is 25.5. The van der Waals surface area contributed by atoms with Gasteiger partial charge in [-0.25, -0.2) is 13.2 Å². The number of piperidine rings is 1. The second-order valence-electron chi connectivity index (χ2n) is 12.0. The Kier molecular flexibility index (Phi) is 13.0. The van der Waals surface area contributed by atoms with Gasteiger partial charge < -0.3 is 19.1 Å². The molecule has 0 bridgehead atoms. The van der Waals surface area contributed by atoms with Crippen LogP contribution in [0.25, 0.3) is 0 Å². The highest BCUT2D eigenvalue weighted by atomic mass is 35.5. The van der Waals surface area contributed by atoms with Crippen LogP contribution in [-0.2, 0) is 30.5 Å². The lowest BCUT2D eigenvalue weighted by molar-refractivity contribution is -0.143. The third-order valence-electron chi connectivity index (χ3n) is 7.25. The molecule has 0 saturated carbocycles. The van der Waals surface area contributed by atoms with Crippen LogP contribution in [0.3, 0.4) is 0 Å². The number of sulfonamides is 1. The molecule has 1 fully saturated rings. The number of ether oxygens (including phenoxy) is 3. The van der Waals surface area contributed by atoms with Crippen LogP contribution in [-0.4, -0.2) is 63.8 Å². The number of carbonyl (C=O) groups is 2. The van der Waals surface area contributed by atoms with Crippen molar-refractivity contribution in [2.75, 3.05) is 37.2 Å². The van der Waals surface area contributed by atoms with Crippen molar-refractivity contribution < 1.29 is 45.4 Å². The van der Waals surface area contributed by atoms with Gasteiger partial charge in [0.1, 0.15) is 16.2 Å². The lowest BCUT2D eigenvalue weighted by Crippen LogP contribution is -2.42. The Bertz CT molecular complexity index is 1440. The second-order valence-corrected chi connectivity index (χ2v) is 14.3. The molecule has 0 atom stereocenters. The molecule has 9 nitrogen and oxygen atoms in total. The van der Waals surface area contributed by atoms with Crippen molar-refractivity contribution in [3.05, 3.63) is 53.1 Å². The van der Waals surface area contributed by atoms with Crippen molar-refractivity contribution in [1.29, 1.82) is 0 Å². The Morgan fingerprint density at radius 1 is 1.02 bits per heavy atom. The van der Waals surface area contributed by atoms with Crippen molar-refractivity contribution in [3.63, 3.8) is 0 Å².